The second-order valence-corrected chi connectivity index (χ2v) is 4.88. The first-order valence-corrected chi connectivity index (χ1v) is 6.11. The molecule has 0 amide bonds. The highest BCUT2D eigenvalue weighted by Crippen LogP contribution is 2.19. The molecule has 0 aliphatic rings. The molecule has 0 bridgehead atoms. The van der Waals surface area contributed by atoms with Crippen molar-refractivity contribution in [3.05, 3.63) is 29.8 Å². The smallest absolute Gasteiger partial charge is 0.0363 e. The number of hydrogen-bond acceptors (Lipinski definition) is 2. The summed E-state index contributed by atoms with van der Waals surface area (Å²) in [5.74, 6) is 0.683. The fourth-order valence-electron chi connectivity index (χ4n) is 1.86. The second kappa shape index (κ2) is 5.90. The van der Waals surface area contributed by atoms with E-state index in [0.717, 1.165) is 13.0 Å². The molecule has 0 fully saturated rings. The van der Waals surface area contributed by atoms with Crippen LogP contribution in [-0.2, 0) is 0 Å². The minimum Gasteiger partial charge on any atom is -0.374 e. The molecule has 1 unspecified atom stereocenters. The van der Waals surface area contributed by atoms with Crippen LogP contribution in [0.3, 0.4) is 0 Å². The number of anilines is 1. The summed E-state index contributed by atoms with van der Waals surface area (Å²) in [5, 5.41) is 0. The van der Waals surface area contributed by atoms with Crippen LogP contribution < -0.4 is 10.6 Å². The Bertz CT molecular complexity index is 303. The Labute approximate surface area is 99.5 Å². The molecule has 1 atom stereocenters. The van der Waals surface area contributed by atoms with Gasteiger partial charge in [-0.05, 0) is 30.0 Å². The van der Waals surface area contributed by atoms with Crippen LogP contribution in [0.5, 0.6) is 0 Å². The van der Waals surface area contributed by atoms with Gasteiger partial charge in [-0.3, -0.25) is 0 Å². The van der Waals surface area contributed by atoms with Crippen LogP contribution in [0.4, 0.5) is 5.69 Å². The van der Waals surface area contributed by atoms with Gasteiger partial charge in [0.1, 0.15) is 0 Å². The van der Waals surface area contributed by atoms with Crippen LogP contribution >= 0.6 is 0 Å². The summed E-state index contributed by atoms with van der Waals surface area (Å²) in [6, 6.07) is 8.77. The van der Waals surface area contributed by atoms with Crippen LogP contribution in [0, 0.1) is 5.92 Å². The molecule has 0 saturated carbocycles. The number of benzene rings is 1. The maximum absolute atomic E-state index is 5.99. The van der Waals surface area contributed by atoms with E-state index >= 15 is 0 Å². The van der Waals surface area contributed by atoms with E-state index in [-0.39, 0.29) is 6.04 Å². The van der Waals surface area contributed by atoms with Crippen molar-refractivity contribution < 1.29 is 0 Å². The molecular formula is C14H24N2. The van der Waals surface area contributed by atoms with Gasteiger partial charge in [-0.2, -0.15) is 0 Å². The van der Waals surface area contributed by atoms with Crippen molar-refractivity contribution in [1.82, 2.24) is 0 Å². The molecule has 2 nitrogen and oxygen atoms in total. The lowest BCUT2D eigenvalue weighted by molar-refractivity contribution is 0.638. The Hall–Kier alpha value is -1.02. The van der Waals surface area contributed by atoms with Crippen molar-refractivity contribution in [1.29, 1.82) is 0 Å². The Kier molecular flexibility index (Phi) is 4.81. The summed E-state index contributed by atoms with van der Waals surface area (Å²) in [6.45, 7) is 7.67. The third-order valence-corrected chi connectivity index (χ3v) is 2.84. The Morgan fingerprint density at radius 3 is 2.19 bits per heavy atom. The molecule has 0 aliphatic carbocycles. The van der Waals surface area contributed by atoms with Crippen molar-refractivity contribution in [2.45, 2.75) is 33.2 Å². The molecule has 0 radical (unpaired) electrons. The molecular weight excluding hydrogens is 196 g/mol. The van der Waals surface area contributed by atoms with Crippen LogP contribution in [0.15, 0.2) is 24.3 Å². The summed E-state index contributed by atoms with van der Waals surface area (Å²) >= 11 is 0. The predicted molar refractivity (Wildman–Crippen MR) is 71.8 cm³/mol. The van der Waals surface area contributed by atoms with Gasteiger partial charge in [-0.25, -0.2) is 0 Å². The molecule has 2 N–H and O–H groups in total. The maximum Gasteiger partial charge on any atom is 0.0363 e. The van der Waals surface area contributed by atoms with Gasteiger partial charge in [0.2, 0.25) is 0 Å². The van der Waals surface area contributed by atoms with Crippen LogP contribution in [0.2, 0.25) is 0 Å². The van der Waals surface area contributed by atoms with Crippen molar-refractivity contribution in [2.24, 2.45) is 11.7 Å². The quantitative estimate of drug-likeness (QED) is 0.825. The Balaban J connectivity index is 2.70. The normalized spacial score (nSPS) is 12.9. The average Bonchev–Trinajstić information content (AvgIpc) is 2.27. The van der Waals surface area contributed by atoms with E-state index in [9.17, 15) is 0 Å². The lowest BCUT2D eigenvalue weighted by Crippen LogP contribution is -2.22. The lowest BCUT2D eigenvalue weighted by Gasteiger charge is -2.22. The first-order chi connectivity index (χ1) is 7.54. The third-order valence-electron chi connectivity index (χ3n) is 2.84. The molecule has 16 heavy (non-hydrogen) atoms. The van der Waals surface area contributed by atoms with E-state index in [1.54, 1.807) is 0 Å². The van der Waals surface area contributed by atoms with Gasteiger partial charge < -0.3 is 10.6 Å². The van der Waals surface area contributed by atoms with Crippen LogP contribution in [0.25, 0.3) is 0 Å². The monoisotopic (exact) mass is 220 g/mol. The highest BCUT2D eigenvalue weighted by Gasteiger charge is 2.05. The highest BCUT2D eigenvalue weighted by atomic mass is 15.1. The Morgan fingerprint density at radius 2 is 1.75 bits per heavy atom. The standard InChI is InChI=1S/C14H24N2/c1-5-14(15)12-6-8-13(9-7-12)16(4)10-11(2)3/h6-9,11,14H,5,10,15H2,1-4H3. The van der Waals surface area contributed by atoms with Crippen LogP contribution in [-0.4, -0.2) is 13.6 Å². The molecule has 0 aliphatic heterocycles. The SMILES string of the molecule is CCC(N)c1ccc(N(C)CC(C)C)cc1. The van der Waals surface area contributed by atoms with Gasteiger partial charge in [0.15, 0.2) is 0 Å². The molecule has 0 saturated heterocycles. The average molecular weight is 220 g/mol. The van der Waals surface area contributed by atoms with E-state index in [1.165, 1.54) is 11.3 Å². The summed E-state index contributed by atoms with van der Waals surface area (Å²) in [4.78, 5) is 2.28. The fourth-order valence-corrected chi connectivity index (χ4v) is 1.86. The molecule has 0 spiro atoms. The van der Waals surface area contributed by atoms with E-state index in [2.05, 4.69) is 57.0 Å². The number of nitrogens with two attached hydrogens (primary N) is 1. The summed E-state index contributed by atoms with van der Waals surface area (Å²) in [7, 11) is 2.13. The van der Waals surface area contributed by atoms with Crippen molar-refractivity contribution in [3.63, 3.8) is 0 Å². The van der Waals surface area contributed by atoms with Gasteiger partial charge in [-0.15, -0.1) is 0 Å². The van der Waals surface area contributed by atoms with E-state index in [1.807, 2.05) is 0 Å². The number of nitrogens with zero attached hydrogens (tertiary/aromatic N) is 1. The van der Waals surface area contributed by atoms with Gasteiger partial charge in [0.25, 0.3) is 0 Å². The zero-order valence-corrected chi connectivity index (χ0v) is 10.9. The van der Waals surface area contributed by atoms with Crippen LogP contribution in [0.1, 0.15) is 38.8 Å². The largest absolute Gasteiger partial charge is 0.374 e. The zero-order chi connectivity index (χ0) is 12.1. The van der Waals surface area contributed by atoms with E-state index in [0.29, 0.717) is 5.92 Å². The minimum atomic E-state index is 0.171. The van der Waals surface area contributed by atoms with Gasteiger partial charge in [-0.1, -0.05) is 32.9 Å². The highest BCUT2D eigenvalue weighted by molar-refractivity contribution is 5.47. The lowest BCUT2D eigenvalue weighted by atomic mass is 10.0. The Morgan fingerprint density at radius 1 is 1.19 bits per heavy atom. The number of rotatable bonds is 5. The molecule has 2 heteroatoms. The summed E-state index contributed by atoms with van der Waals surface area (Å²) in [6.07, 6.45) is 0.987. The third kappa shape index (κ3) is 3.53. The van der Waals surface area contributed by atoms with Gasteiger partial charge in [0, 0.05) is 25.3 Å². The van der Waals surface area contributed by atoms with Gasteiger partial charge >= 0.3 is 0 Å². The van der Waals surface area contributed by atoms with Gasteiger partial charge in [0.05, 0.1) is 0 Å². The van der Waals surface area contributed by atoms with Crippen molar-refractivity contribution in [3.8, 4) is 0 Å². The summed E-state index contributed by atoms with van der Waals surface area (Å²) < 4.78 is 0. The van der Waals surface area contributed by atoms with Crippen molar-refractivity contribution in [2.75, 3.05) is 18.5 Å². The second-order valence-electron chi connectivity index (χ2n) is 4.88. The summed E-state index contributed by atoms with van der Waals surface area (Å²) in [5.41, 5.74) is 8.48. The molecule has 0 aromatic heterocycles. The zero-order valence-electron chi connectivity index (χ0n) is 10.9. The fraction of sp³-hybridized carbons (Fsp3) is 0.571. The first-order valence-electron chi connectivity index (χ1n) is 6.11. The maximum atomic E-state index is 5.99. The molecule has 1 rings (SSSR count). The minimum absolute atomic E-state index is 0.171. The molecule has 90 valence electrons. The first kappa shape index (κ1) is 13.0. The molecule has 1 aromatic carbocycles. The predicted octanol–water partition coefficient (Wildman–Crippen LogP) is 3.19. The molecule has 0 heterocycles. The van der Waals surface area contributed by atoms with E-state index < -0.39 is 0 Å². The van der Waals surface area contributed by atoms with Crippen molar-refractivity contribution >= 4 is 5.69 Å². The topological polar surface area (TPSA) is 29.3 Å². The molecule has 1 aromatic rings. The number of hydrogen-bond donors (Lipinski definition) is 1. The van der Waals surface area contributed by atoms with E-state index in [4.69, 9.17) is 5.73 Å².